The van der Waals surface area contributed by atoms with Crippen LogP contribution in [0, 0.1) is 5.92 Å². The molecule has 0 bridgehead atoms. The number of hydrogen-bond donors (Lipinski definition) is 1. The third kappa shape index (κ3) is 2.28. The van der Waals surface area contributed by atoms with Crippen molar-refractivity contribution in [1.29, 1.82) is 0 Å². The maximum absolute atomic E-state index is 11.3. The minimum atomic E-state index is -2.72. The van der Waals surface area contributed by atoms with E-state index in [1.54, 1.807) is 0 Å². The van der Waals surface area contributed by atoms with Crippen molar-refractivity contribution in [3.63, 3.8) is 0 Å². The zero-order chi connectivity index (χ0) is 10.2. The van der Waals surface area contributed by atoms with Crippen LogP contribution in [0.25, 0.3) is 0 Å². The van der Waals surface area contributed by atoms with Gasteiger partial charge in [0.15, 0.2) is 9.84 Å². The largest absolute Gasteiger partial charge is 0.310 e. The van der Waals surface area contributed by atoms with Crippen LogP contribution >= 0.6 is 0 Å². The van der Waals surface area contributed by atoms with Crippen LogP contribution in [-0.4, -0.2) is 32.0 Å². The number of rotatable bonds is 2. The Morgan fingerprint density at radius 3 is 2.50 bits per heavy atom. The molecule has 0 aromatic rings. The van der Waals surface area contributed by atoms with E-state index in [1.807, 2.05) is 0 Å². The highest BCUT2D eigenvalue weighted by molar-refractivity contribution is 7.91. The summed E-state index contributed by atoms with van der Waals surface area (Å²) in [6.07, 6.45) is 4.61. The molecule has 0 radical (unpaired) electrons. The van der Waals surface area contributed by atoms with Crippen LogP contribution in [0.2, 0.25) is 0 Å². The molecule has 1 aliphatic carbocycles. The van der Waals surface area contributed by atoms with Crippen LogP contribution in [0.3, 0.4) is 0 Å². The second-order valence-corrected chi connectivity index (χ2v) is 7.01. The Labute approximate surface area is 86.2 Å². The van der Waals surface area contributed by atoms with Crippen molar-refractivity contribution in [1.82, 2.24) is 5.32 Å². The highest BCUT2D eigenvalue weighted by Crippen LogP contribution is 2.26. The third-order valence-electron chi connectivity index (χ3n) is 3.54. The molecule has 3 nitrogen and oxygen atoms in total. The lowest BCUT2D eigenvalue weighted by Crippen LogP contribution is -2.40. The quantitative estimate of drug-likeness (QED) is 0.749. The highest BCUT2D eigenvalue weighted by Gasteiger charge is 2.32. The van der Waals surface area contributed by atoms with Crippen molar-refractivity contribution >= 4 is 9.84 Å². The van der Waals surface area contributed by atoms with Crippen LogP contribution < -0.4 is 5.32 Å². The average molecular weight is 217 g/mol. The van der Waals surface area contributed by atoms with Gasteiger partial charge in [0.1, 0.15) is 0 Å². The minimum Gasteiger partial charge on any atom is -0.310 e. The number of sulfone groups is 1. The number of hydrogen-bond acceptors (Lipinski definition) is 3. The van der Waals surface area contributed by atoms with Crippen molar-refractivity contribution in [2.45, 2.75) is 44.7 Å². The highest BCUT2D eigenvalue weighted by atomic mass is 32.2. The molecule has 1 N–H and O–H groups in total. The zero-order valence-corrected chi connectivity index (χ0v) is 9.52. The summed E-state index contributed by atoms with van der Waals surface area (Å²) in [7, 11) is -2.72. The lowest BCUT2D eigenvalue weighted by atomic mass is 10.1. The standard InChI is InChI=1S/C10H19NO2S/c1-8-3-2-4-10(8)11-9-5-6-14(12,13)7-9/h8-11H,2-7H2,1H3/t8-,9+,10+/m0/s1. The van der Waals surface area contributed by atoms with Crippen LogP contribution in [0.1, 0.15) is 32.6 Å². The van der Waals surface area contributed by atoms with Crippen LogP contribution in [0.5, 0.6) is 0 Å². The normalized spacial score (nSPS) is 41.6. The Hall–Kier alpha value is -0.0900. The van der Waals surface area contributed by atoms with E-state index in [9.17, 15) is 8.42 Å². The second kappa shape index (κ2) is 3.81. The summed E-state index contributed by atoms with van der Waals surface area (Å²) in [4.78, 5) is 0. The molecule has 1 saturated heterocycles. The third-order valence-corrected chi connectivity index (χ3v) is 5.31. The second-order valence-electron chi connectivity index (χ2n) is 4.78. The van der Waals surface area contributed by atoms with E-state index in [0.29, 0.717) is 17.5 Å². The molecule has 3 atom stereocenters. The van der Waals surface area contributed by atoms with Gasteiger partial charge in [-0.1, -0.05) is 13.3 Å². The van der Waals surface area contributed by atoms with Crippen molar-refractivity contribution in [2.24, 2.45) is 5.92 Å². The summed E-state index contributed by atoms with van der Waals surface area (Å²) in [6.45, 7) is 2.26. The molecular formula is C10H19NO2S. The van der Waals surface area contributed by atoms with Gasteiger partial charge in [0.2, 0.25) is 0 Å². The molecule has 0 aromatic carbocycles. The summed E-state index contributed by atoms with van der Waals surface area (Å²) >= 11 is 0. The van der Waals surface area contributed by atoms with Gasteiger partial charge < -0.3 is 5.32 Å². The Bertz CT molecular complexity index is 299. The molecule has 2 fully saturated rings. The summed E-state index contributed by atoms with van der Waals surface area (Å²) in [5.41, 5.74) is 0. The molecule has 0 unspecified atom stereocenters. The van der Waals surface area contributed by atoms with Gasteiger partial charge in [-0.05, 0) is 25.2 Å². The smallest absolute Gasteiger partial charge is 0.151 e. The molecule has 2 rings (SSSR count). The van der Waals surface area contributed by atoms with Crippen molar-refractivity contribution in [2.75, 3.05) is 11.5 Å². The van der Waals surface area contributed by atoms with E-state index in [0.717, 1.165) is 12.3 Å². The Morgan fingerprint density at radius 1 is 1.21 bits per heavy atom. The Morgan fingerprint density at radius 2 is 2.00 bits per heavy atom. The summed E-state index contributed by atoms with van der Waals surface area (Å²) in [5.74, 6) is 1.46. The van der Waals surface area contributed by atoms with Gasteiger partial charge in [-0.25, -0.2) is 8.42 Å². The van der Waals surface area contributed by atoms with E-state index in [-0.39, 0.29) is 6.04 Å². The molecule has 14 heavy (non-hydrogen) atoms. The molecule has 1 aliphatic heterocycles. The van der Waals surface area contributed by atoms with Gasteiger partial charge in [0.25, 0.3) is 0 Å². The maximum atomic E-state index is 11.3. The summed E-state index contributed by atoms with van der Waals surface area (Å²) in [5, 5.41) is 3.50. The predicted molar refractivity (Wildman–Crippen MR) is 57.0 cm³/mol. The van der Waals surface area contributed by atoms with Gasteiger partial charge in [0.05, 0.1) is 11.5 Å². The van der Waals surface area contributed by atoms with Crippen molar-refractivity contribution < 1.29 is 8.42 Å². The lowest BCUT2D eigenvalue weighted by molar-refractivity contribution is 0.386. The summed E-state index contributed by atoms with van der Waals surface area (Å²) < 4.78 is 22.5. The molecule has 1 saturated carbocycles. The van der Waals surface area contributed by atoms with E-state index in [4.69, 9.17) is 0 Å². The van der Waals surface area contributed by atoms with Gasteiger partial charge in [0, 0.05) is 12.1 Å². The monoisotopic (exact) mass is 217 g/mol. The SMILES string of the molecule is C[C@H]1CCC[C@H]1N[C@@H]1CCS(=O)(=O)C1. The fourth-order valence-electron chi connectivity index (χ4n) is 2.62. The fourth-order valence-corrected chi connectivity index (χ4v) is 4.31. The first-order valence-electron chi connectivity index (χ1n) is 5.53. The van der Waals surface area contributed by atoms with Gasteiger partial charge >= 0.3 is 0 Å². The van der Waals surface area contributed by atoms with Crippen molar-refractivity contribution in [3.05, 3.63) is 0 Å². The zero-order valence-electron chi connectivity index (χ0n) is 8.70. The Kier molecular flexibility index (Phi) is 2.84. The molecule has 0 amide bonds. The molecular weight excluding hydrogens is 198 g/mol. The van der Waals surface area contributed by atoms with Crippen molar-refractivity contribution in [3.8, 4) is 0 Å². The first-order chi connectivity index (χ1) is 6.57. The van der Waals surface area contributed by atoms with Crippen LogP contribution in [0.4, 0.5) is 0 Å². The molecule has 0 aromatic heterocycles. The van der Waals surface area contributed by atoms with Gasteiger partial charge in [-0.2, -0.15) is 0 Å². The Balaban J connectivity index is 1.87. The van der Waals surface area contributed by atoms with Gasteiger partial charge in [-0.15, -0.1) is 0 Å². The lowest BCUT2D eigenvalue weighted by Gasteiger charge is -2.21. The molecule has 4 heteroatoms. The molecule has 1 heterocycles. The molecule has 82 valence electrons. The van der Waals surface area contributed by atoms with E-state index < -0.39 is 9.84 Å². The van der Waals surface area contributed by atoms with E-state index in [1.165, 1.54) is 19.3 Å². The predicted octanol–water partition coefficient (Wildman–Crippen LogP) is 0.952. The first kappa shape index (κ1) is 10.4. The van der Waals surface area contributed by atoms with Crippen LogP contribution in [-0.2, 0) is 9.84 Å². The molecule has 2 aliphatic rings. The topological polar surface area (TPSA) is 46.2 Å². The van der Waals surface area contributed by atoms with E-state index in [2.05, 4.69) is 12.2 Å². The average Bonchev–Trinajstić information content (AvgIpc) is 2.61. The minimum absolute atomic E-state index is 0.227. The molecule has 0 spiro atoms. The first-order valence-corrected chi connectivity index (χ1v) is 7.35. The summed E-state index contributed by atoms with van der Waals surface area (Å²) in [6, 6.07) is 0.791. The fraction of sp³-hybridized carbons (Fsp3) is 1.00. The number of nitrogens with one attached hydrogen (secondary N) is 1. The maximum Gasteiger partial charge on any atom is 0.151 e. The van der Waals surface area contributed by atoms with E-state index >= 15 is 0 Å². The van der Waals surface area contributed by atoms with Gasteiger partial charge in [-0.3, -0.25) is 0 Å². The van der Waals surface area contributed by atoms with Crippen LogP contribution in [0.15, 0.2) is 0 Å².